The zero-order valence-electron chi connectivity index (χ0n) is 18.0. The van der Waals surface area contributed by atoms with E-state index in [1.807, 2.05) is 55.7 Å². The van der Waals surface area contributed by atoms with E-state index in [0.29, 0.717) is 24.7 Å². The number of carbonyl (C=O) groups is 1. The zero-order valence-corrected chi connectivity index (χ0v) is 18.8. The van der Waals surface area contributed by atoms with Gasteiger partial charge in [-0.15, -0.1) is 0 Å². The highest BCUT2D eigenvalue weighted by Gasteiger charge is 2.41. The first-order valence-corrected chi connectivity index (χ1v) is 11.3. The highest BCUT2D eigenvalue weighted by Crippen LogP contribution is 2.39. The van der Waals surface area contributed by atoms with Gasteiger partial charge in [-0.1, -0.05) is 35.9 Å². The largest absolute Gasteiger partial charge is 0.381 e. The Morgan fingerprint density at radius 3 is 2.81 bits per heavy atom. The normalized spacial score (nSPS) is 22.4. The fourth-order valence-corrected chi connectivity index (χ4v) is 5.18. The van der Waals surface area contributed by atoms with Crippen molar-refractivity contribution in [1.82, 2.24) is 14.3 Å². The predicted octanol–water partition coefficient (Wildman–Crippen LogP) is 3.52. The maximum atomic E-state index is 13.2. The molecule has 2 aromatic heterocycles. The molecule has 0 radical (unpaired) electrons. The number of pyridine rings is 1. The Morgan fingerprint density at radius 1 is 1.22 bits per heavy atom. The topological polar surface area (TPSA) is 85.2 Å². The molecule has 5 rings (SSSR count). The Bertz CT molecular complexity index is 1200. The van der Waals surface area contributed by atoms with E-state index in [1.165, 1.54) is 0 Å². The van der Waals surface area contributed by atoms with Gasteiger partial charge in [0.1, 0.15) is 5.65 Å². The number of ether oxygens (including phenoxy) is 1. The lowest BCUT2D eigenvalue weighted by molar-refractivity contribution is -0.132. The molecule has 1 fully saturated rings. The molecule has 1 aromatic carbocycles. The number of carbonyl (C=O) groups excluding carboxylic acids is 1. The summed E-state index contributed by atoms with van der Waals surface area (Å²) in [6.07, 6.45) is 6.25. The van der Waals surface area contributed by atoms with E-state index >= 15 is 0 Å². The van der Waals surface area contributed by atoms with Crippen LogP contribution in [0.5, 0.6) is 0 Å². The lowest BCUT2D eigenvalue weighted by Crippen LogP contribution is -2.55. The number of benzene rings is 1. The molecule has 32 heavy (non-hydrogen) atoms. The van der Waals surface area contributed by atoms with E-state index < -0.39 is 5.54 Å². The number of amides is 1. The number of fused-ring (bicyclic) bond motifs is 1. The van der Waals surface area contributed by atoms with Crippen LogP contribution < -0.4 is 5.73 Å². The van der Waals surface area contributed by atoms with Crippen molar-refractivity contribution in [1.29, 1.82) is 0 Å². The summed E-state index contributed by atoms with van der Waals surface area (Å²) in [5.41, 5.74) is 9.23. The summed E-state index contributed by atoms with van der Waals surface area (Å²) in [4.78, 5) is 24.1. The molecule has 0 unspecified atom stereocenters. The van der Waals surface area contributed by atoms with E-state index in [2.05, 4.69) is 9.38 Å². The van der Waals surface area contributed by atoms with Gasteiger partial charge in [0.05, 0.1) is 12.0 Å². The van der Waals surface area contributed by atoms with Crippen molar-refractivity contribution in [3.05, 3.63) is 70.6 Å². The van der Waals surface area contributed by atoms with Gasteiger partial charge in [-0.05, 0) is 43.0 Å². The highest BCUT2D eigenvalue weighted by molar-refractivity contribution is 6.32. The third kappa shape index (κ3) is 3.65. The first-order chi connectivity index (χ1) is 15.5. The number of hydrogen-bond donors (Lipinski definition) is 1. The van der Waals surface area contributed by atoms with Gasteiger partial charge in [-0.2, -0.15) is 0 Å². The molecule has 2 N–H and O–H groups in total. The molecule has 166 valence electrons. The molecule has 4 heterocycles. The second-order valence-corrected chi connectivity index (χ2v) is 9.04. The average molecular weight is 452 g/mol. The minimum atomic E-state index is -0.810. The van der Waals surface area contributed by atoms with Gasteiger partial charge in [-0.25, -0.2) is 9.98 Å². The summed E-state index contributed by atoms with van der Waals surface area (Å²) in [5, 5.41) is 0.616. The van der Waals surface area contributed by atoms with Crippen molar-refractivity contribution < 1.29 is 9.53 Å². The van der Waals surface area contributed by atoms with Crippen LogP contribution in [0.2, 0.25) is 5.02 Å². The van der Waals surface area contributed by atoms with Gasteiger partial charge in [-0.3, -0.25) is 9.69 Å². The predicted molar refractivity (Wildman–Crippen MR) is 124 cm³/mol. The lowest BCUT2D eigenvalue weighted by Gasteiger charge is -2.40. The van der Waals surface area contributed by atoms with Crippen LogP contribution in [0.3, 0.4) is 0 Å². The summed E-state index contributed by atoms with van der Waals surface area (Å²) >= 11 is 6.90. The van der Waals surface area contributed by atoms with Crippen LogP contribution in [-0.4, -0.2) is 45.4 Å². The molecule has 1 amide bonds. The fraction of sp³-hybridized carbons (Fsp3) is 0.375. The maximum absolute atomic E-state index is 13.2. The van der Waals surface area contributed by atoms with Gasteiger partial charge in [0.15, 0.2) is 5.96 Å². The number of rotatable bonds is 4. The SMILES string of the molecule is C[C@@]1(c2cccc(Cc3cnc4ccccn34)c2Cl)CC(=O)N(C2CCOCC2)C(N)=N1. The molecule has 0 spiro atoms. The third-order valence-corrected chi connectivity index (χ3v) is 6.90. The number of aliphatic imine (C=N–C) groups is 1. The summed E-state index contributed by atoms with van der Waals surface area (Å²) in [7, 11) is 0. The van der Waals surface area contributed by atoms with Crippen molar-refractivity contribution in [3.63, 3.8) is 0 Å². The third-order valence-electron chi connectivity index (χ3n) is 6.45. The van der Waals surface area contributed by atoms with Crippen molar-refractivity contribution in [2.75, 3.05) is 13.2 Å². The minimum absolute atomic E-state index is 0.0184. The Balaban J connectivity index is 1.47. The molecular formula is C24H26ClN5O2. The number of nitrogens with two attached hydrogens (primary N) is 1. The van der Waals surface area contributed by atoms with Crippen LogP contribution >= 0.6 is 11.6 Å². The van der Waals surface area contributed by atoms with E-state index in [0.717, 1.165) is 35.3 Å². The smallest absolute Gasteiger partial charge is 0.232 e. The van der Waals surface area contributed by atoms with Crippen LogP contribution in [0.15, 0.2) is 53.8 Å². The van der Waals surface area contributed by atoms with Crippen LogP contribution in [0.1, 0.15) is 43.0 Å². The number of guanidine groups is 1. The van der Waals surface area contributed by atoms with Gasteiger partial charge >= 0.3 is 0 Å². The fourth-order valence-electron chi connectivity index (χ4n) is 4.79. The summed E-state index contributed by atoms with van der Waals surface area (Å²) in [6.45, 7) is 3.20. The molecule has 0 saturated carbocycles. The number of halogens is 1. The molecule has 8 heteroatoms. The molecule has 0 aliphatic carbocycles. The molecule has 2 aliphatic heterocycles. The van der Waals surface area contributed by atoms with Crippen molar-refractivity contribution in [3.8, 4) is 0 Å². The molecule has 0 bridgehead atoms. The Morgan fingerprint density at radius 2 is 2.03 bits per heavy atom. The van der Waals surface area contributed by atoms with Gasteiger partial charge in [0.2, 0.25) is 5.91 Å². The molecule has 3 aromatic rings. The second kappa shape index (κ2) is 8.22. The van der Waals surface area contributed by atoms with Gasteiger partial charge in [0, 0.05) is 48.8 Å². The van der Waals surface area contributed by atoms with Gasteiger partial charge < -0.3 is 14.9 Å². The first kappa shape index (κ1) is 21.0. The Hall–Kier alpha value is -2.90. The molecule has 7 nitrogen and oxygen atoms in total. The average Bonchev–Trinajstić information content (AvgIpc) is 3.18. The van der Waals surface area contributed by atoms with Crippen LogP contribution in [0.25, 0.3) is 5.65 Å². The monoisotopic (exact) mass is 451 g/mol. The molecule has 2 aliphatic rings. The molecular weight excluding hydrogens is 426 g/mol. The van der Waals surface area contributed by atoms with E-state index in [9.17, 15) is 4.79 Å². The summed E-state index contributed by atoms with van der Waals surface area (Å²) < 4.78 is 7.48. The summed E-state index contributed by atoms with van der Waals surface area (Å²) in [5.74, 6) is 0.244. The van der Waals surface area contributed by atoms with Crippen LogP contribution in [0, 0.1) is 0 Å². The first-order valence-electron chi connectivity index (χ1n) is 10.9. The van der Waals surface area contributed by atoms with E-state index in [1.54, 1.807) is 4.90 Å². The standard InChI is InChI=1S/C24H26ClN5O2/c1-24(14-21(31)30(23(26)28-24)17-8-11-32-12-9-17)19-6-4-5-16(22(19)25)13-18-15-27-20-7-2-3-10-29(18)20/h2-7,10,15,17H,8-9,11-14H2,1H3,(H2,26,28)/t24-/m0/s1. The second-order valence-electron chi connectivity index (χ2n) is 8.66. The number of hydrogen-bond acceptors (Lipinski definition) is 5. The Kier molecular flexibility index (Phi) is 5.39. The highest BCUT2D eigenvalue weighted by atomic mass is 35.5. The van der Waals surface area contributed by atoms with Gasteiger partial charge in [0.25, 0.3) is 0 Å². The number of imidazole rings is 1. The van der Waals surface area contributed by atoms with Crippen molar-refractivity contribution in [2.45, 2.75) is 44.2 Å². The minimum Gasteiger partial charge on any atom is -0.381 e. The summed E-state index contributed by atoms with van der Waals surface area (Å²) in [6, 6.07) is 11.9. The van der Waals surface area contributed by atoms with E-state index in [4.69, 9.17) is 27.1 Å². The number of aromatic nitrogens is 2. The van der Waals surface area contributed by atoms with Crippen LogP contribution in [0.4, 0.5) is 0 Å². The number of nitrogens with zero attached hydrogens (tertiary/aromatic N) is 4. The lowest BCUT2D eigenvalue weighted by atomic mass is 9.85. The van der Waals surface area contributed by atoms with Crippen LogP contribution in [-0.2, 0) is 21.5 Å². The maximum Gasteiger partial charge on any atom is 0.232 e. The van der Waals surface area contributed by atoms with Crippen molar-refractivity contribution >= 4 is 29.1 Å². The zero-order chi connectivity index (χ0) is 22.3. The van der Waals surface area contributed by atoms with E-state index in [-0.39, 0.29) is 24.3 Å². The Labute approximate surface area is 191 Å². The molecule has 1 saturated heterocycles. The quantitative estimate of drug-likeness (QED) is 0.657. The molecule has 1 atom stereocenters. The van der Waals surface area contributed by atoms with Crippen molar-refractivity contribution in [2.24, 2.45) is 10.7 Å².